The zero-order valence-electron chi connectivity index (χ0n) is 7.91. The van der Waals surface area contributed by atoms with Crippen molar-refractivity contribution in [2.75, 3.05) is 0 Å². The molecular formula is C12H16S. The zero-order chi connectivity index (χ0) is 8.93. The first-order valence-corrected chi connectivity index (χ1v) is 6.03. The second-order valence-corrected chi connectivity index (χ2v) is 4.91. The van der Waals surface area contributed by atoms with Crippen molar-refractivity contribution in [3.63, 3.8) is 0 Å². The molecule has 0 nitrogen and oxygen atoms in total. The van der Waals surface area contributed by atoms with Crippen LogP contribution in [0.15, 0.2) is 35.3 Å². The number of rotatable bonds is 2. The van der Waals surface area contributed by atoms with Gasteiger partial charge in [-0.15, -0.1) is 11.8 Å². The number of thioether (sulfide) groups is 1. The van der Waals surface area contributed by atoms with Gasteiger partial charge in [0.15, 0.2) is 0 Å². The van der Waals surface area contributed by atoms with Gasteiger partial charge in [-0.25, -0.2) is 0 Å². The first kappa shape index (κ1) is 9.14. The first-order valence-electron chi connectivity index (χ1n) is 5.15. The van der Waals surface area contributed by atoms with Crippen LogP contribution in [0.5, 0.6) is 0 Å². The molecule has 0 heterocycles. The number of hydrogen-bond acceptors (Lipinski definition) is 1. The van der Waals surface area contributed by atoms with E-state index in [2.05, 4.69) is 30.4 Å². The zero-order valence-corrected chi connectivity index (χ0v) is 8.72. The summed E-state index contributed by atoms with van der Waals surface area (Å²) >= 11 is 2.03. The molecule has 0 saturated carbocycles. The topological polar surface area (TPSA) is 0 Å². The Morgan fingerprint density at radius 2 is 2.15 bits per heavy atom. The Labute approximate surface area is 84.8 Å². The van der Waals surface area contributed by atoms with E-state index in [9.17, 15) is 0 Å². The van der Waals surface area contributed by atoms with E-state index in [0.29, 0.717) is 0 Å². The fourth-order valence-electron chi connectivity index (χ4n) is 1.73. The Morgan fingerprint density at radius 1 is 1.15 bits per heavy atom. The van der Waals surface area contributed by atoms with Crippen LogP contribution in [-0.2, 0) is 0 Å². The predicted molar refractivity (Wildman–Crippen MR) is 60.8 cm³/mol. The molecule has 0 fully saturated rings. The maximum atomic E-state index is 2.37. The lowest BCUT2D eigenvalue weighted by Gasteiger charge is -2.17. The highest BCUT2D eigenvalue weighted by atomic mass is 32.2. The quantitative estimate of drug-likeness (QED) is 0.594. The Kier molecular flexibility index (Phi) is 3.31. The highest BCUT2D eigenvalue weighted by Crippen LogP contribution is 2.31. The predicted octanol–water partition coefficient (Wildman–Crippen LogP) is 4.06. The van der Waals surface area contributed by atoms with Crippen LogP contribution < -0.4 is 0 Å². The van der Waals surface area contributed by atoms with Crippen LogP contribution in [0.25, 0.3) is 0 Å². The van der Waals surface area contributed by atoms with Crippen LogP contribution >= 0.6 is 11.8 Å². The SMILES string of the molecule is C1=CC(SC2C=CCCC2)=CCC1. The van der Waals surface area contributed by atoms with E-state index in [-0.39, 0.29) is 0 Å². The lowest BCUT2D eigenvalue weighted by atomic mass is 10.1. The summed E-state index contributed by atoms with van der Waals surface area (Å²) in [5, 5.41) is 0.739. The van der Waals surface area contributed by atoms with E-state index >= 15 is 0 Å². The fourth-order valence-corrected chi connectivity index (χ4v) is 2.94. The van der Waals surface area contributed by atoms with Gasteiger partial charge in [-0.3, -0.25) is 0 Å². The third-order valence-corrected chi connectivity index (χ3v) is 3.73. The molecule has 70 valence electrons. The average Bonchev–Trinajstić information content (AvgIpc) is 2.21. The minimum Gasteiger partial charge on any atom is -0.119 e. The summed E-state index contributed by atoms with van der Waals surface area (Å²) in [6.07, 6.45) is 18.1. The number of allylic oxidation sites excluding steroid dienone is 4. The van der Waals surface area contributed by atoms with Crippen LogP contribution in [-0.4, -0.2) is 5.25 Å². The summed E-state index contributed by atoms with van der Waals surface area (Å²) in [7, 11) is 0. The van der Waals surface area contributed by atoms with Crippen molar-refractivity contribution in [1.82, 2.24) is 0 Å². The van der Waals surface area contributed by atoms with Crippen LogP contribution in [0.3, 0.4) is 0 Å². The van der Waals surface area contributed by atoms with Gasteiger partial charge in [-0.05, 0) is 32.1 Å². The van der Waals surface area contributed by atoms with Crippen molar-refractivity contribution in [2.24, 2.45) is 0 Å². The largest absolute Gasteiger partial charge is 0.119 e. The molecule has 2 rings (SSSR count). The van der Waals surface area contributed by atoms with Gasteiger partial charge in [-0.2, -0.15) is 0 Å². The Hall–Kier alpha value is -0.430. The molecule has 1 unspecified atom stereocenters. The maximum Gasteiger partial charge on any atom is 0.0274 e. The second kappa shape index (κ2) is 4.71. The smallest absolute Gasteiger partial charge is 0.0274 e. The average molecular weight is 192 g/mol. The summed E-state index contributed by atoms with van der Waals surface area (Å²) in [5.41, 5.74) is 0. The number of hydrogen-bond donors (Lipinski definition) is 0. The van der Waals surface area contributed by atoms with E-state index in [1.165, 1.54) is 37.0 Å². The van der Waals surface area contributed by atoms with Gasteiger partial charge in [0.05, 0.1) is 0 Å². The van der Waals surface area contributed by atoms with E-state index in [0.717, 1.165) is 5.25 Å². The molecule has 0 spiro atoms. The summed E-state index contributed by atoms with van der Waals surface area (Å²) in [5.74, 6) is 0. The normalized spacial score (nSPS) is 27.4. The molecule has 1 heteroatoms. The Balaban J connectivity index is 1.89. The molecule has 0 radical (unpaired) electrons. The van der Waals surface area contributed by atoms with Crippen molar-refractivity contribution < 1.29 is 0 Å². The molecule has 1 atom stereocenters. The Morgan fingerprint density at radius 3 is 2.85 bits per heavy atom. The van der Waals surface area contributed by atoms with Crippen LogP contribution in [0.1, 0.15) is 32.1 Å². The summed E-state index contributed by atoms with van der Waals surface area (Å²) in [6.45, 7) is 0. The molecule has 2 aliphatic carbocycles. The molecule has 13 heavy (non-hydrogen) atoms. The summed E-state index contributed by atoms with van der Waals surface area (Å²) in [6, 6.07) is 0. The van der Waals surface area contributed by atoms with Gasteiger partial charge in [0.25, 0.3) is 0 Å². The monoisotopic (exact) mass is 192 g/mol. The van der Waals surface area contributed by atoms with Gasteiger partial charge in [-0.1, -0.05) is 30.4 Å². The molecular weight excluding hydrogens is 176 g/mol. The molecule has 0 aliphatic heterocycles. The van der Waals surface area contributed by atoms with Gasteiger partial charge >= 0.3 is 0 Å². The van der Waals surface area contributed by atoms with Crippen molar-refractivity contribution in [3.8, 4) is 0 Å². The van der Waals surface area contributed by atoms with Crippen molar-refractivity contribution >= 4 is 11.8 Å². The third-order valence-electron chi connectivity index (χ3n) is 2.46. The molecule has 2 aliphatic rings. The highest BCUT2D eigenvalue weighted by molar-refractivity contribution is 8.04. The fraction of sp³-hybridized carbons (Fsp3) is 0.500. The van der Waals surface area contributed by atoms with Gasteiger partial charge in [0.1, 0.15) is 0 Å². The van der Waals surface area contributed by atoms with Gasteiger partial charge in [0, 0.05) is 10.2 Å². The Bertz CT molecular complexity index is 248. The molecule has 0 saturated heterocycles. The minimum atomic E-state index is 0.739. The van der Waals surface area contributed by atoms with E-state index in [1.807, 2.05) is 11.8 Å². The third kappa shape index (κ3) is 2.77. The highest BCUT2D eigenvalue weighted by Gasteiger charge is 2.10. The molecule has 0 aromatic carbocycles. The molecule has 0 aromatic heterocycles. The van der Waals surface area contributed by atoms with E-state index < -0.39 is 0 Å². The van der Waals surface area contributed by atoms with Gasteiger partial charge < -0.3 is 0 Å². The lowest BCUT2D eigenvalue weighted by Crippen LogP contribution is -2.02. The minimum absolute atomic E-state index is 0.739. The van der Waals surface area contributed by atoms with Gasteiger partial charge in [0.2, 0.25) is 0 Å². The van der Waals surface area contributed by atoms with Crippen LogP contribution in [0, 0.1) is 0 Å². The lowest BCUT2D eigenvalue weighted by molar-refractivity contribution is 0.742. The van der Waals surface area contributed by atoms with Crippen molar-refractivity contribution in [2.45, 2.75) is 37.4 Å². The molecule has 0 N–H and O–H groups in total. The molecule has 0 amide bonds. The molecule has 0 aromatic rings. The van der Waals surface area contributed by atoms with E-state index in [1.54, 1.807) is 0 Å². The van der Waals surface area contributed by atoms with Crippen LogP contribution in [0.2, 0.25) is 0 Å². The summed E-state index contributed by atoms with van der Waals surface area (Å²) < 4.78 is 0. The van der Waals surface area contributed by atoms with Crippen LogP contribution in [0.4, 0.5) is 0 Å². The maximum absolute atomic E-state index is 2.37. The second-order valence-electron chi connectivity index (χ2n) is 3.60. The summed E-state index contributed by atoms with van der Waals surface area (Å²) in [4.78, 5) is 1.47. The van der Waals surface area contributed by atoms with E-state index in [4.69, 9.17) is 0 Å². The first-order chi connectivity index (χ1) is 6.45. The molecule has 0 bridgehead atoms. The van der Waals surface area contributed by atoms with Crippen molar-refractivity contribution in [3.05, 3.63) is 35.3 Å². The van der Waals surface area contributed by atoms with Crippen molar-refractivity contribution in [1.29, 1.82) is 0 Å². The standard InChI is InChI=1S/C12H16S/c1-3-7-11(8-4-1)13-12-9-5-2-6-10-12/h3,5,7-9,12H,1-2,4,6,10H2.